The van der Waals surface area contributed by atoms with E-state index in [-0.39, 0.29) is 11.7 Å². The summed E-state index contributed by atoms with van der Waals surface area (Å²) in [5.74, 6) is 1.11. The fraction of sp³-hybridized carbons (Fsp3) is 0.316. The highest BCUT2D eigenvalue weighted by Crippen LogP contribution is 2.32. The maximum absolute atomic E-state index is 12.3. The SMILES string of the molecule is CCc1c(-c2nnc(SCC(=O)Nc3ccc(Br)cc3)n2CC)csc1C. The van der Waals surface area contributed by atoms with Crippen molar-refractivity contribution < 1.29 is 4.79 Å². The van der Waals surface area contributed by atoms with Crippen LogP contribution in [-0.4, -0.2) is 26.4 Å². The lowest BCUT2D eigenvalue weighted by atomic mass is 10.1. The van der Waals surface area contributed by atoms with Crippen LogP contribution in [0.3, 0.4) is 0 Å². The van der Waals surface area contributed by atoms with E-state index in [0.717, 1.165) is 39.7 Å². The van der Waals surface area contributed by atoms with Crippen LogP contribution in [0.15, 0.2) is 39.3 Å². The number of benzene rings is 1. The number of carbonyl (C=O) groups is 1. The normalized spacial score (nSPS) is 11.0. The molecule has 0 atom stereocenters. The zero-order valence-corrected chi connectivity index (χ0v) is 18.7. The number of amides is 1. The lowest BCUT2D eigenvalue weighted by Gasteiger charge is -2.08. The van der Waals surface area contributed by atoms with Gasteiger partial charge in [-0.05, 0) is 50.1 Å². The lowest BCUT2D eigenvalue weighted by Crippen LogP contribution is -2.14. The van der Waals surface area contributed by atoms with E-state index in [0.29, 0.717) is 0 Å². The molecule has 0 aliphatic carbocycles. The third-order valence-electron chi connectivity index (χ3n) is 4.19. The summed E-state index contributed by atoms with van der Waals surface area (Å²) in [4.78, 5) is 13.6. The predicted octanol–water partition coefficient (Wildman–Crippen LogP) is 5.39. The van der Waals surface area contributed by atoms with Crippen molar-refractivity contribution in [2.75, 3.05) is 11.1 Å². The van der Waals surface area contributed by atoms with Crippen molar-refractivity contribution in [2.24, 2.45) is 0 Å². The number of aromatic nitrogens is 3. The molecule has 1 N–H and O–H groups in total. The van der Waals surface area contributed by atoms with Crippen LogP contribution in [0.4, 0.5) is 5.69 Å². The molecule has 0 spiro atoms. The largest absolute Gasteiger partial charge is 0.325 e. The molecule has 2 heterocycles. The maximum Gasteiger partial charge on any atom is 0.234 e. The molecule has 2 aromatic heterocycles. The van der Waals surface area contributed by atoms with Crippen LogP contribution in [0, 0.1) is 6.92 Å². The standard InChI is InChI=1S/C19H21BrN4OS2/c1-4-15-12(3)26-10-16(15)18-22-23-19(24(18)5-2)27-11-17(25)21-14-8-6-13(20)7-9-14/h6-10H,4-5,11H2,1-3H3,(H,21,25). The van der Waals surface area contributed by atoms with Gasteiger partial charge >= 0.3 is 0 Å². The monoisotopic (exact) mass is 464 g/mol. The van der Waals surface area contributed by atoms with E-state index < -0.39 is 0 Å². The van der Waals surface area contributed by atoms with Gasteiger partial charge in [0.05, 0.1) is 5.75 Å². The summed E-state index contributed by atoms with van der Waals surface area (Å²) in [6, 6.07) is 7.53. The van der Waals surface area contributed by atoms with Gasteiger partial charge in [-0.1, -0.05) is 34.6 Å². The predicted molar refractivity (Wildman–Crippen MR) is 117 cm³/mol. The number of rotatable bonds is 7. The van der Waals surface area contributed by atoms with E-state index >= 15 is 0 Å². The fourth-order valence-corrected chi connectivity index (χ4v) is 4.85. The average molecular weight is 465 g/mol. The zero-order chi connectivity index (χ0) is 19.4. The summed E-state index contributed by atoms with van der Waals surface area (Å²) in [6.45, 7) is 7.13. The number of nitrogens with zero attached hydrogens (tertiary/aromatic N) is 3. The van der Waals surface area contributed by atoms with E-state index in [9.17, 15) is 4.79 Å². The van der Waals surface area contributed by atoms with Gasteiger partial charge < -0.3 is 9.88 Å². The quantitative estimate of drug-likeness (QED) is 0.476. The van der Waals surface area contributed by atoms with Crippen LogP contribution in [-0.2, 0) is 17.8 Å². The Kier molecular flexibility index (Phi) is 6.73. The van der Waals surface area contributed by atoms with Crippen molar-refractivity contribution in [2.45, 2.75) is 38.9 Å². The first-order valence-electron chi connectivity index (χ1n) is 8.72. The Morgan fingerprint density at radius 1 is 1.26 bits per heavy atom. The first-order valence-corrected chi connectivity index (χ1v) is 11.4. The van der Waals surface area contributed by atoms with Crippen LogP contribution in [0.2, 0.25) is 0 Å². The van der Waals surface area contributed by atoms with Gasteiger partial charge in [0.1, 0.15) is 0 Å². The number of hydrogen-bond acceptors (Lipinski definition) is 5. The van der Waals surface area contributed by atoms with Crippen molar-refractivity contribution in [3.05, 3.63) is 44.6 Å². The fourth-order valence-electron chi connectivity index (χ4n) is 2.85. The first-order chi connectivity index (χ1) is 13.0. The topological polar surface area (TPSA) is 59.8 Å². The Morgan fingerprint density at radius 3 is 2.67 bits per heavy atom. The summed E-state index contributed by atoms with van der Waals surface area (Å²) < 4.78 is 3.06. The van der Waals surface area contributed by atoms with Gasteiger partial charge in [0.15, 0.2) is 11.0 Å². The summed E-state index contributed by atoms with van der Waals surface area (Å²) in [7, 11) is 0. The molecule has 8 heteroatoms. The molecule has 1 amide bonds. The molecular weight excluding hydrogens is 444 g/mol. The van der Waals surface area contributed by atoms with Crippen molar-refractivity contribution in [1.29, 1.82) is 0 Å². The first kappa shape index (κ1) is 20.1. The molecule has 0 bridgehead atoms. The molecule has 0 aliphatic heterocycles. The minimum Gasteiger partial charge on any atom is -0.325 e. The van der Waals surface area contributed by atoms with E-state index in [4.69, 9.17) is 0 Å². The number of halogens is 1. The molecule has 142 valence electrons. The molecule has 0 fully saturated rings. The highest BCUT2D eigenvalue weighted by Gasteiger charge is 2.18. The molecule has 0 saturated carbocycles. The molecular formula is C19H21BrN4OS2. The van der Waals surface area contributed by atoms with Crippen LogP contribution >= 0.6 is 39.0 Å². The Balaban J connectivity index is 1.71. The van der Waals surface area contributed by atoms with Gasteiger partial charge in [-0.25, -0.2) is 0 Å². The summed E-state index contributed by atoms with van der Waals surface area (Å²) in [5.41, 5.74) is 3.26. The van der Waals surface area contributed by atoms with Crippen LogP contribution in [0.25, 0.3) is 11.4 Å². The van der Waals surface area contributed by atoms with Gasteiger partial charge in [-0.15, -0.1) is 21.5 Å². The molecule has 5 nitrogen and oxygen atoms in total. The van der Waals surface area contributed by atoms with E-state index in [2.05, 4.69) is 62.2 Å². The second-order valence-electron chi connectivity index (χ2n) is 5.93. The van der Waals surface area contributed by atoms with Crippen LogP contribution < -0.4 is 5.32 Å². The Labute approximate surface area is 175 Å². The highest BCUT2D eigenvalue weighted by molar-refractivity contribution is 9.10. The van der Waals surface area contributed by atoms with Crippen molar-refractivity contribution in [1.82, 2.24) is 14.8 Å². The average Bonchev–Trinajstić information content (AvgIpc) is 3.24. The third kappa shape index (κ3) is 4.62. The molecule has 3 aromatic rings. The van der Waals surface area contributed by atoms with Gasteiger partial charge in [-0.3, -0.25) is 4.79 Å². The van der Waals surface area contributed by atoms with E-state index in [1.54, 1.807) is 11.3 Å². The van der Waals surface area contributed by atoms with Gasteiger partial charge in [-0.2, -0.15) is 0 Å². The number of hydrogen-bond donors (Lipinski definition) is 1. The summed E-state index contributed by atoms with van der Waals surface area (Å²) >= 11 is 6.54. The number of thiophene rings is 1. The summed E-state index contributed by atoms with van der Waals surface area (Å²) in [6.07, 6.45) is 0.972. The van der Waals surface area contributed by atoms with Crippen molar-refractivity contribution in [3.63, 3.8) is 0 Å². The Bertz CT molecular complexity index is 934. The second kappa shape index (κ2) is 9.03. The third-order valence-corrected chi connectivity index (χ3v) is 6.64. The van der Waals surface area contributed by atoms with Gasteiger partial charge in [0, 0.05) is 32.5 Å². The lowest BCUT2D eigenvalue weighted by molar-refractivity contribution is -0.113. The molecule has 3 rings (SSSR count). The Hall–Kier alpha value is -1.64. The number of anilines is 1. The second-order valence-corrected chi connectivity index (χ2v) is 8.87. The summed E-state index contributed by atoms with van der Waals surface area (Å²) in [5, 5.41) is 14.6. The molecule has 0 saturated heterocycles. The van der Waals surface area contributed by atoms with Crippen LogP contribution in [0.1, 0.15) is 24.3 Å². The molecule has 27 heavy (non-hydrogen) atoms. The highest BCUT2D eigenvalue weighted by atomic mass is 79.9. The van der Waals surface area contributed by atoms with E-state index in [1.165, 1.54) is 22.2 Å². The molecule has 1 aromatic carbocycles. The molecule has 0 aliphatic rings. The number of thioether (sulfide) groups is 1. The number of carbonyl (C=O) groups excluding carboxylic acids is 1. The van der Waals surface area contributed by atoms with Gasteiger partial charge in [0.2, 0.25) is 5.91 Å². The molecule has 0 unspecified atom stereocenters. The number of aryl methyl sites for hydroxylation is 1. The molecule has 0 radical (unpaired) electrons. The maximum atomic E-state index is 12.3. The van der Waals surface area contributed by atoms with Crippen LogP contribution in [0.5, 0.6) is 0 Å². The Morgan fingerprint density at radius 2 is 2.00 bits per heavy atom. The van der Waals surface area contributed by atoms with Gasteiger partial charge in [0.25, 0.3) is 0 Å². The smallest absolute Gasteiger partial charge is 0.234 e. The van der Waals surface area contributed by atoms with Crippen molar-refractivity contribution in [3.8, 4) is 11.4 Å². The van der Waals surface area contributed by atoms with Crippen molar-refractivity contribution >= 4 is 50.6 Å². The number of nitrogens with one attached hydrogen (secondary N) is 1. The minimum atomic E-state index is -0.0600. The minimum absolute atomic E-state index is 0.0600. The zero-order valence-electron chi connectivity index (χ0n) is 15.5. The van der Waals surface area contributed by atoms with E-state index in [1.807, 2.05) is 24.3 Å².